The molecule has 0 nitrogen and oxygen atoms in total. The number of halogens is 2. The van der Waals surface area contributed by atoms with Gasteiger partial charge in [0.2, 0.25) is 0 Å². The molecule has 0 spiro atoms. The average Bonchev–Trinajstić information content (AvgIpc) is 3.70. The quantitative estimate of drug-likeness (QED) is 0.118. The van der Waals surface area contributed by atoms with Gasteiger partial charge in [-0.25, -0.2) is 0 Å². The van der Waals surface area contributed by atoms with Crippen LogP contribution in [-0.2, 0) is 28.4 Å². The predicted molar refractivity (Wildman–Crippen MR) is 233 cm³/mol. The van der Waals surface area contributed by atoms with Crippen molar-refractivity contribution in [3.63, 3.8) is 0 Å². The number of benzene rings is 4. The fraction of sp³-hybridized carbons (Fsp3) is 0.417. The van der Waals surface area contributed by atoms with Gasteiger partial charge >= 0.3 is 327 Å². The van der Waals surface area contributed by atoms with Gasteiger partial charge in [0, 0.05) is 0 Å². The molecule has 4 aromatic rings. The van der Waals surface area contributed by atoms with Crippen molar-refractivity contribution in [2.75, 3.05) is 0 Å². The zero-order valence-corrected chi connectivity index (χ0v) is 38.6. The summed E-state index contributed by atoms with van der Waals surface area (Å²) in [4.78, 5) is 0. The molecule has 2 unspecified atom stereocenters. The van der Waals surface area contributed by atoms with Crippen molar-refractivity contribution >= 4 is 35.1 Å². The molecule has 0 N–H and O–H groups in total. The van der Waals surface area contributed by atoms with Gasteiger partial charge < -0.3 is 0 Å². The zero-order valence-electron chi connectivity index (χ0n) is 33.5. The number of aryl methyl sites for hydroxylation is 2. The van der Waals surface area contributed by atoms with Crippen LogP contribution >= 0.6 is 17.0 Å². The molecule has 0 saturated heterocycles. The fourth-order valence-corrected chi connectivity index (χ4v) is 41.4. The maximum absolute atomic E-state index is 8.92. The molecule has 4 heteroatoms. The first kappa shape index (κ1) is 39.7. The second kappa shape index (κ2) is 15.6. The molecule has 2 aliphatic rings. The van der Waals surface area contributed by atoms with Crippen molar-refractivity contribution in [3.8, 4) is 22.3 Å². The van der Waals surface area contributed by atoms with Gasteiger partial charge in [-0.05, 0) is 0 Å². The van der Waals surface area contributed by atoms with Crippen LogP contribution in [-0.4, -0.2) is 5.92 Å². The van der Waals surface area contributed by atoms with E-state index in [-0.39, 0.29) is 7.25 Å². The summed E-state index contributed by atoms with van der Waals surface area (Å²) in [7, 11) is 17.8. The van der Waals surface area contributed by atoms with E-state index in [2.05, 4.69) is 153 Å². The minimum absolute atomic E-state index is 0.107. The van der Waals surface area contributed by atoms with E-state index in [1.54, 1.807) is 0 Å². The van der Waals surface area contributed by atoms with Crippen molar-refractivity contribution in [3.05, 3.63) is 128 Å². The number of hydrogen-bond acceptors (Lipinski definition) is 0. The third-order valence-corrected chi connectivity index (χ3v) is 64.4. The van der Waals surface area contributed by atoms with Gasteiger partial charge in [0.1, 0.15) is 0 Å². The van der Waals surface area contributed by atoms with Crippen molar-refractivity contribution in [1.82, 2.24) is 0 Å². The summed E-state index contributed by atoms with van der Waals surface area (Å²) in [6, 6.07) is 28.0. The van der Waals surface area contributed by atoms with E-state index in [0.717, 1.165) is 38.5 Å². The monoisotopic (exact) mass is 825 g/mol. The van der Waals surface area contributed by atoms with Crippen LogP contribution in [0.4, 0.5) is 0 Å². The van der Waals surface area contributed by atoms with Crippen molar-refractivity contribution < 1.29 is 15.6 Å². The van der Waals surface area contributed by atoms with Crippen molar-refractivity contribution in [1.29, 1.82) is 0 Å². The van der Waals surface area contributed by atoms with Gasteiger partial charge in [0.25, 0.3) is 0 Å². The second-order valence-corrected chi connectivity index (χ2v) is 59.1. The molecule has 2 atom stereocenters. The summed E-state index contributed by atoms with van der Waals surface area (Å²) in [6.07, 6.45) is 11.4. The molecule has 0 bridgehead atoms. The Morgan fingerprint density at radius 1 is 0.577 bits per heavy atom. The summed E-state index contributed by atoms with van der Waals surface area (Å²) < 4.78 is 0.214. The van der Waals surface area contributed by atoms with Crippen LogP contribution < -0.4 is 0 Å². The molecular formula is C48H61Cl2SiZr. The standard InChI is InChI=1S/2C23H27.C2H7Si.2ClH.Zr/c2*1-5-9-17-14-19-13-12-18(6-2)23(22(19)15-17)21-11-8-7-10-20(21)16(3)4;1-3-2;;;/h2*7-8,10-16H,5-6,9H2,1-4H3;3H,1-2H3;2*1H;/q;;;;;+2/p-2. The van der Waals surface area contributed by atoms with Gasteiger partial charge in [0.05, 0.1) is 0 Å². The summed E-state index contributed by atoms with van der Waals surface area (Å²) >= 11 is -4.94. The number of fused-ring (bicyclic) bond motifs is 2. The Kier molecular flexibility index (Phi) is 12.0. The van der Waals surface area contributed by atoms with E-state index < -0.39 is 21.5 Å². The Morgan fingerprint density at radius 3 is 1.29 bits per heavy atom. The van der Waals surface area contributed by atoms with Crippen LogP contribution in [0.3, 0.4) is 0 Å². The Bertz CT molecular complexity index is 1890. The third kappa shape index (κ3) is 6.48. The summed E-state index contributed by atoms with van der Waals surface area (Å²) in [6.45, 7) is 23.5. The predicted octanol–water partition coefficient (Wildman–Crippen LogP) is 15.5. The Morgan fingerprint density at radius 2 is 0.962 bits per heavy atom. The first-order chi connectivity index (χ1) is 24.8. The molecule has 0 radical (unpaired) electrons. The Hall–Kier alpha value is -1.96. The summed E-state index contributed by atoms with van der Waals surface area (Å²) in [5, 5.41) is 0. The number of hydrogen-bond donors (Lipinski definition) is 0. The van der Waals surface area contributed by atoms with Crippen LogP contribution in [0, 0.1) is 0 Å². The van der Waals surface area contributed by atoms with E-state index in [1.807, 2.05) is 0 Å². The third-order valence-electron chi connectivity index (χ3n) is 12.5. The molecule has 0 amide bonds. The number of rotatable bonds is 13. The van der Waals surface area contributed by atoms with Crippen LogP contribution in [0.1, 0.15) is 145 Å². The number of allylic oxidation sites excluding steroid dienone is 2. The fourth-order valence-electron chi connectivity index (χ4n) is 9.94. The average molecular weight is 828 g/mol. The first-order valence-corrected chi connectivity index (χ1v) is 36.6. The van der Waals surface area contributed by atoms with Crippen molar-refractivity contribution in [2.45, 2.75) is 126 Å². The van der Waals surface area contributed by atoms with E-state index in [1.165, 1.54) is 77.9 Å². The second-order valence-electron chi connectivity index (χ2n) is 16.6. The molecule has 0 aliphatic heterocycles. The molecule has 0 fully saturated rings. The first-order valence-electron chi connectivity index (χ1n) is 20.3. The van der Waals surface area contributed by atoms with Crippen LogP contribution in [0.25, 0.3) is 34.4 Å². The Balaban J connectivity index is 1.67. The Labute approximate surface area is 324 Å². The van der Waals surface area contributed by atoms with Gasteiger partial charge in [-0.1, -0.05) is 0 Å². The zero-order chi connectivity index (χ0) is 37.6. The minimum atomic E-state index is -4.94. The molecule has 0 saturated carbocycles. The SMILES string of the molecule is CCCC1=Cc2c(ccc(CC)c2-c2ccccc2C(C)C)[CH]1[Zr]([Cl])([Cl])([CH]1C(CCC)=Cc2c1ccc(CC)c2-c1ccccc1C(C)C)[SiH](C)C. The summed E-state index contributed by atoms with van der Waals surface area (Å²) in [5.74, 6) is -0.814. The van der Waals surface area contributed by atoms with Gasteiger partial charge in [-0.3, -0.25) is 0 Å². The van der Waals surface area contributed by atoms with Gasteiger partial charge in [-0.2, -0.15) is 0 Å². The van der Waals surface area contributed by atoms with Crippen molar-refractivity contribution in [2.24, 2.45) is 0 Å². The van der Waals surface area contributed by atoms with Gasteiger partial charge in [0.15, 0.2) is 0 Å². The maximum atomic E-state index is 8.92. The topological polar surface area (TPSA) is 0 Å². The molecule has 52 heavy (non-hydrogen) atoms. The van der Waals surface area contributed by atoms with E-state index in [0.29, 0.717) is 11.8 Å². The van der Waals surface area contributed by atoms with E-state index >= 15 is 0 Å². The molecule has 6 rings (SSSR count). The van der Waals surface area contributed by atoms with E-state index in [4.69, 9.17) is 17.0 Å². The summed E-state index contributed by atoms with van der Waals surface area (Å²) in [5.41, 5.74) is 19.8. The molecule has 0 aromatic heterocycles. The molecule has 275 valence electrons. The normalized spacial score (nSPS) is 17.7. The van der Waals surface area contributed by atoms with Gasteiger partial charge in [-0.15, -0.1) is 0 Å². The van der Waals surface area contributed by atoms with Crippen LogP contribution in [0.5, 0.6) is 0 Å². The molecule has 2 aliphatic carbocycles. The van der Waals surface area contributed by atoms with E-state index in [9.17, 15) is 0 Å². The molecular weight excluding hydrogens is 767 g/mol. The van der Waals surface area contributed by atoms with Crippen LogP contribution in [0.2, 0.25) is 13.1 Å². The van der Waals surface area contributed by atoms with Crippen LogP contribution in [0.15, 0.2) is 83.9 Å². The molecule has 4 aromatic carbocycles. The molecule has 0 heterocycles.